The fourth-order valence-electron chi connectivity index (χ4n) is 1.61. The lowest BCUT2D eigenvalue weighted by atomic mass is 10.3. The van der Waals surface area contributed by atoms with Gasteiger partial charge >= 0.3 is 0 Å². The molecule has 0 saturated carbocycles. The van der Waals surface area contributed by atoms with Gasteiger partial charge in [-0.1, -0.05) is 27.7 Å². The van der Waals surface area contributed by atoms with Crippen molar-refractivity contribution in [3.8, 4) is 5.75 Å². The highest BCUT2D eigenvalue weighted by molar-refractivity contribution is 9.10. The zero-order valence-electron chi connectivity index (χ0n) is 11.4. The lowest BCUT2D eigenvalue weighted by molar-refractivity contribution is 0.415. The van der Waals surface area contributed by atoms with Crippen LogP contribution in [0, 0.1) is 0 Å². The first-order chi connectivity index (χ1) is 9.64. The minimum Gasteiger partial charge on any atom is -0.497 e. The predicted molar refractivity (Wildman–Crippen MR) is 87.3 cm³/mol. The molecule has 0 radical (unpaired) electrons. The number of aromatic nitrogens is 2. The normalized spacial score (nSPS) is 10.2. The molecule has 0 aliphatic rings. The summed E-state index contributed by atoms with van der Waals surface area (Å²) < 4.78 is 6.18. The van der Waals surface area contributed by atoms with E-state index in [-0.39, 0.29) is 0 Å². The summed E-state index contributed by atoms with van der Waals surface area (Å²) in [4.78, 5) is 8.75. The highest BCUT2D eigenvalue weighted by atomic mass is 79.9. The van der Waals surface area contributed by atoms with Crippen LogP contribution in [0.3, 0.4) is 0 Å². The van der Waals surface area contributed by atoms with E-state index in [0.29, 0.717) is 5.16 Å². The van der Waals surface area contributed by atoms with Crippen LogP contribution in [0.25, 0.3) is 0 Å². The van der Waals surface area contributed by atoms with Gasteiger partial charge in [0, 0.05) is 29.3 Å². The van der Waals surface area contributed by atoms with Crippen molar-refractivity contribution >= 4 is 45.0 Å². The maximum atomic E-state index is 5.24. The molecular weight excluding hydrogens is 340 g/mol. The standard InChI is InChI=1S/C13H15BrN4OS/c1-15-11-7-12(18-13(17-11)20-3)16-9-4-8(14)5-10(6-9)19-2/h4-7H,1-3H3,(H2,15,16,17,18). The Kier molecular flexibility index (Phi) is 5.08. The van der Waals surface area contributed by atoms with Crippen LogP contribution in [0.5, 0.6) is 5.75 Å². The number of benzene rings is 1. The second-order valence-electron chi connectivity index (χ2n) is 3.88. The molecular formula is C13H15BrN4OS. The quantitative estimate of drug-likeness (QED) is 0.629. The SMILES string of the molecule is CNc1cc(Nc2cc(Br)cc(OC)c2)nc(SC)n1. The van der Waals surface area contributed by atoms with Crippen molar-refractivity contribution in [1.29, 1.82) is 0 Å². The van der Waals surface area contributed by atoms with Crippen LogP contribution in [0.4, 0.5) is 17.3 Å². The highest BCUT2D eigenvalue weighted by Crippen LogP contribution is 2.27. The van der Waals surface area contributed by atoms with E-state index >= 15 is 0 Å². The Balaban J connectivity index is 2.31. The number of hydrogen-bond donors (Lipinski definition) is 2. The van der Waals surface area contributed by atoms with E-state index in [2.05, 4.69) is 36.5 Å². The molecule has 0 spiro atoms. The largest absolute Gasteiger partial charge is 0.497 e. The maximum Gasteiger partial charge on any atom is 0.191 e. The van der Waals surface area contributed by atoms with Crippen molar-refractivity contribution in [2.24, 2.45) is 0 Å². The minimum atomic E-state index is 0.710. The van der Waals surface area contributed by atoms with Gasteiger partial charge in [0.05, 0.1) is 7.11 Å². The average Bonchev–Trinajstić information content (AvgIpc) is 2.46. The van der Waals surface area contributed by atoms with E-state index < -0.39 is 0 Å². The first-order valence-corrected chi connectivity index (χ1v) is 7.89. The van der Waals surface area contributed by atoms with Crippen molar-refractivity contribution in [2.45, 2.75) is 5.16 Å². The van der Waals surface area contributed by atoms with E-state index in [1.165, 1.54) is 11.8 Å². The molecule has 0 unspecified atom stereocenters. The molecule has 2 aromatic rings. The zero-order chi connectivity index (χ0) is 14.5. The Morgan fingerprint density at radius 1 is 1.15 bits per heavy atom. The molecule has 0 aliphatic carbocycles. The van der Waals surface area contributed by atoms with Gasteiger partial charge in [0.1, 0.15) is 17.4 Å². The average molecular weight is 355 g/mol. The Bertz CT molecular complexity index is 587. The summed E-state index contributed by atoms with van der Waals surface area (Å²) in [5.74, 6) is 2.28. The number of hydrogen-bond acceptors (Lipinski definition) is 6. The summed E-state index contributed by atoms with van der Waals surface area (Å²) in [5.41, 5.74) is 0.893. The molecule has 20 heavy (non-hydrogen) atoms. The van der Waals surface area contributed by atoms with Gasteiger partial charge in [0.25, 0.3) is 0 Å². The highest BCUT2D eigenvalue weighted by Gasteiger charge is 2.05. The number of anilines is 3. The number of nitrogens with one attached hydrogen (secondary N) is 2. The molecule has 0 aliphatic heterocycles. The Hall–Kier alpha value is -1.47. The van der Waals surface area contributed by atoms with Gasteiger partial charge in [-0.2, -0.15) is 0 Å². The van der Waals surface area contributed by atoms with Crippen molar-refractivity contribution in [1.82, 2.24) is 9.97 Å². The molecule has 1 aromatic carbocycles. The molecule has 0 atom stereocenters. The predicted octanol–water partition coefficient (Wildman–Crippen LogP) is 3.75. The molecule has 0 saturated heterocycles. The fourth-order valence-corrected chi connectivity index (χ4v) is 2.46. The topological polar surface area (TPSA) is 59.1 Å². The van der Waals surface area contributed by atoms with Crippen LogP contribution < -0.4 is 15.4 Å². The van der Waals surface area contributed by atoms with E-state index in [4.69, 9.17) is 4.74 Å². The van der Waals surface area contributed by atoms with Crippen LogP contribution in [-0.2, 0) is 0 Å². The molecule has 1 heterocycles. The van der Waals surface area contributed by atoms with Gasteiger partial charge in [-0.05, 0) is 18.4 Å². The number of methoxy groups -OCH3 is 1. The van der Waals surface area contributed by atoms with Gasteiger partial charge in [-0.25, -0.2) is 9.97 Å². The van der Waals surface area contributed by atoms with Gasteiger partial charge in [0.2, 0.25) is 0 Å². The molecule has 7 heteroatoms. The minimum absolute atomic E-state index is 0.710. The Morgan fingerprint density at radius 2 is 1.90 bits per heavy atom. The fraction of sp³-hybridized carbons (Fsp3) is 0.231. The second kappa shape index (κ2) is 6.81. The summed E-state index contributed by atoms with van der Waals surface area (Å²) in [6.45, 7) is 0. The number of halogens is 1. The first-order valence-electron chi connectivity index (χ1n) is 5.87. The molecule has 0 amide bonds. The van der Waals surface area contributed by atoms with Gasteiger partial charge in [-0.15, -0.1) is 0 Å². The third kappa shape index (κ3) is 3.77. The summed E-state index contributed by atoms with van der Waals surface area (Å²) in [7, 11) is 3.47. The molecule has 0 bridgehead atoms. The van der Waals surface area contributed by atoms with Crippen molar-refractivity contribution in [3.63, 3.8) is 0 Å². The van der Waals surface area contributed by atoms with E-state index in [1.54, 1.807) is 7.11 Å². The smallest absolute Gasteiger partial charge is 0.191 e. The zero-order valence-corrected chi connectivity index (χ0v) is 13.8. The monoisotopic (exact) mass is 354 g/mol. The molecule has 106 valence electrons. The van der Waals surface area contributed by atoms with E-state index in [1.807, 2.05) is 37.6 Å². The van der Waals surface area contributed by atoms with Gasteiger partial charge < -0.3 is 15.4 Å². The van der Waals surface area contributed by atoms with Crippen molar-refractivity contribution in [3.05, 3.63) is 28.7 Å². The Morgan fingerprint density at radius 3 is 2.55 bits per heavy atom. The molecule has 2 N–H and O–H groups in total. The summed E-state index contributed by atoms with van der Waals surface area (Å²) in [6, 6.07) is 7.62. The van der Waals surface area contributed by atoms with Crippen LogP contribution in [0.1, 0.15) is 0 Å². The number of thioether (sulfide) groups is 1. The van der Waals surface area contributed by atoms with Crippen molar-refractivity contribution < 1.29 is 4.74 Å². The third-order valence-corrected chi connectivity index (χ3v) is 3.53. The third-order valence-electron chi connectivity index (χ3n) is 2.52. The molecule has 2 rings (SSSR count). The second-order valence-corrected chi connectivity index (χ2v) is 5.57. The lowest BCUT2D eigenvalue weighted by Gasteiger charge is -2.10. The number of nitrogens with zero attached hydrogens (tertiary/aromatic N) is 2. The summed E-state index contributed by atoms with van der Waals surface area (Å²) in [5, 5.41) is 6.99. The van der Waals surface area contributed by atoms with Crippen LogP contribution in [0.15, 0.2) is 33.9 Å². The number of rotatable bonds is 5. The Labute approximate surface area is 130 Å². The number of ether oxygens (including phenoxy) is 1. The van der Waals surface area contributed by atoms with Crippen molar-refractivity contribution in [2.75, 3.05) is 31.0 Å². The van der Waals surface area contributed by atoms with Gasteiger partial charge in [0.15, 0.2) is 5.16 Å². The molecule has 0 fully saturated rings. The van der Waals surface area contributed by atoms with Crippen LogP contribution in [-0.4, -0.2) is 30.4 Å². The van der Waals surface area contributed by atoms with Crippen LogP contribution >= 0.6 is 27.7 Å². The summed E-state index contributed by atoms with van der Waals surface area (Å²) >= 11 is 4.95. The van der Waals surface area contributed by atoms with E-state index in [0.717, 1.165) is 27.5 Å². The molecule has 1 aromatic heterocycles. The van der Waals surface area contributed by atoms with E-state index in [9.17, 15) is 0 Å². The maximum absolute atomic E-state index is 5.24. The molecule has 5 nitrogen and oxygen atoms in total. The lowest BCUT2D eigenvalue weighted by Crippen LogP contribution is -2.00. The van der Waals surface area contributed by atoms with Gasteiger partial charge in [-0.3, -0.25) is 0 Å². The first kappa shape index (κ1) is 14.9. The summed E-state index contributed by atoms with van der Waals surface area (Å²) in [6.07, 6.45) is 1.95. The van der Waals surface area contributed by atoms with Crippen LogP contribution in [0.2, 0.25) is 0 Å².